The van der Waals surface area contributed by atoms with E-state index in [1.54, 1.807) is 6.07 Å². The maximum atomic E-state index is 12.1. The number of aromatic nitrogens is 2. The second-order valence-corrected chi connectivity index (χ2v) is 8.27. The molecule has 3 aromatic heterocycles. The molecule has 0 atom stereocenters. The summed E-state index contributed by atoms with van der Waals surface area (Å²) in [5.41, 5.74) is 3.28. The van der Waals surface area contributed by atoms with Gasteiger partial charge in [-0.3, -0.25) is 4.79 Å². The second-order valence-electron chi connectivity index (χ2n) is 5.13. The Morgan fingerprint density at radius 3 is 2.79 bits per heavy atom. The Hall–Kier alpha value is -1.41. The van der Waals surface area contributed by atoms with Crippen LogP contribution in [0.5, 0.6) is 0 Å². The topological polar surface area (TPSA) is 68.0 Å². The van der Waals surface area contributed by atoms with Crippen molar-refractivity contribution in [3.05, 3.63) is 37.1 Å². The molecule has 3 rings (SSSR count). The van der Waals surface area contributed by atoms with Crippen LogP contribution < -0.4 is 5.32 Å². The van der Waals surface area contributed by atoms with Crippen molar-refractivity contribution in [2.75, 3.05) is 5.32 Å². The predicted octanol–water partition coefficient (Wildman–Crippen LogP) is 5.35. The van der Waals surface area contributed by atoms with Gasteiger partial charge in [-0.15, -0.1) is 22.7 Å². The number of aryl methyl sites for hydroxylation is 2. The maximum Gasteiger partial charge on any atom is 0.226 e. The van der Waals surface area contributed by atoms with Crippen LogP contribution in [0.3, 0.4) is 0 Å². The number of carbonyl (C=O) groups excluding carboxylic acids is 1. The smallest absolute Gasteiger partial charge is 0.226 e. The number of carbonyl (C=O) groups is 1. The Bertz CT molecular complexity index is 866. The fraction of sp³-hybridized carbons (Fsp3) is 0.267. The number of hydrogen-bond acceptors (Lipinski definition) is 6. The Kier molecular flexibility index (Phi) is 5.24. The highest BCUT2D eigenvalue weighted by molar-refractivity contribution is 7.20. The van der Waals surface area contributed by atoms with Gasteiger partial charge in [0.05, 0.1) is 15.7 Å². The fourth-order valence-electron chi connectivity index (χ4n) is 2.25. The van der Waals surface area contributed by atoms with Gasteiger partial charge in [0.2, 0.25) is 5.91 Å². The van der Waals surface area contributed by atoms with Crippen molar-refractivity contribution < 1.29 is 9.32 Å². The highest BCUT2D eigenvalue weighted by Crippen LogP contribution is 2.39. The molecule has 0 aliphatic carbocycles. The lowest BCUT2D eigenvalue weighted by Gasteiger charge is -2.01. The van der Waals surface area contributed by atoms with Crippen molar-refractivity contribution in [1.29, 1.82) is 0 Å². The van der Waals surface area contributed by atoms with Crippen LogP contribution in [0.4, 0.5) is 5.13 Å². The molecule has 0 unspecified atom stereocenters. The zero-order valence-electron chi connectivity index (χ0n) is 12.9. The second kappa shape index (κ2) is 7.23. The quantitative estimate of drug-likeness (QED) is 0.624. The van der Waals surface area contributed by atoms with Gasteiger partial charge in [-0.25, -0.2) is 4.98 Å². The summed E-state index contributed by atoms with van der Waals surface area (Å²) in [6.45, 7) is 3.71. The maximum absolute atomic E-state index is 12.1. The molecule has 0 saturated carbocycles. The first kappa shape index (κ1) is 17.4. The molecule has 0 aromatic carbocycles. The summed E-state index contributed by atoms with van der Waals surface area (Å²) < 4.78 is 6.29. The van der Waals surface area contributed by atoms with E-state index in [4.69, 9.17) is 27.7 Å². The minimum Gasteiger partial charge on any atom is -0.361 e. The molecule has 5 nitrogen and oxygen atoms in total. The normalized spacial score (nSPS) is 11.0. The van der Waals surface area contributed by atoms with Gasteiger partial charge in [0.25, 0.3) is 0 Å². The summed E-state index contributed by atoms with van der Waals surface area (Å²) in [5.74, 6) is 0.645. The Labute approximate surface area is 156 Å². The number of halogens is 2. The Balaban J connectivity index is 1.62. The molecule has 0 saturated heterocycles. The average Bonchev–Trinajstić information content (AvgIpc) is 3.18. The Morgan fingerprint density at radius 1 is 1.38 bits per heavy atom. The van der Waals surface area contributed by atoms with Crippen LogP contribution in [0.2, 0.25) is 8.67 Å². The van der Waals surface area contributed by atoms with Crippen molar-refractivity contribution in [2.45, 2.75) is 26.7 Å². The summed E-state index contributed by atoms with van der Waals surface area (Å²) in [5, 5.41) is 9.07. The van der Waals surface area contributed by atoms with Crippen molar-refractivity contribution in [3.8, 4) is 11.3 Å². The van der Waals surface area contributed by atoms with Crippen molar-refractivity contribution in [2.24, 2.45) is 0 Å². The molecule has 3 heterocycles. The first-order valence-corrected chi connectivity index (χ1v) is 9.51. The van der Waals surface area contributed by atoms with Gasteiger partial charge in [-0.1, -0.05) is 28.4 Å². The molecule has 0 aliphatic rings. The standard InChI is InChI=1S/C15H13Cl2N3O2S2/c1-7-9(8(2)22-20-7)3-4-13(21)19-15-18-11(6-23-15)10-5-12(16)24-14(10)17/h5-6H,3-4H2,1-2H3,(H,18,19,21). The van der Waals surface area contributed by atoms with Crippen LogP contribution in [0.1, 0.15) is 23.4 Å². The van der Waals surface area contributed by atoms with E-state index in [-0.39, 0.29) is 5.91 Å². The summed E-state index contributed by atoms with van der Waals surface area (Å²) in [4.78, 5) is 16.5. The lowest BCUT2D eigenvalue weighted by Crippen LogP contribution is -2.12. The van der Waals surface area contributed by atoms with Crippen LogP contribution >= 0.6 is 45.9 Å². The molecule has 126 valence electrons. The van der Waals surface area contributed by atoms with E-state index in [1.807, 2.05) is 19.2 Å². The van der Waals surface area contributed by atoms with E-state index in [9.17, 15) is 4.79 Å². The van der Waals surface area contributed by atoms with E-state index in [0.29, 0.717) is 32.3 Å². The van der Waals surface area contributed by atoms with Crippen LogP contribution in [-0.4, -0.2) is 16.0 Å². The van der Waals surface area contributed by atoms with Gasteiger partial charge in [-0.2, -0.15) is 0 Å². The van der Waals surface area contributed by atoms with Crippen LogP contribution in [-0.2, 0) is 11.2 Å². The van der Waals surface area contributed by atoms with E-state index in [1.165, 1.54) is 22.7 Å². The molecule has 3 aromatic rings. The summed E-state index contributed by atoms with van der Waals surface area (Å²) in [6, 6.07) is 1.77. The Morgan fingerprint density at radius 2 is 2.17 bits per heavy atom. The van der Waals surface area contributed by atoms with E-state index in [0.717, 1.165) is 22.6 Å². The SMILES string of the molecule is Cc1noc(C)c1CCC(=O)Nc1nc(-c2cc(Cl)sc2Cl)cs1. The highest BCUT2D eigenvalue weighted by Gasteiger charge is 2.15. The van der Waals surface area contributed by atoms with Gasteiger partial charge in [0, 0.05) is 22.9 Å². The zero-order valence-corrected chi connectivity index (χ0v) is 16.0. The summed E-state index contributed by atoms with van der Waals surface area (Å²) in [7, 11) is 0. The molecule has 1 amide bonds. The molecule has 0 bridgehead atoms. The number of nitrogens with zero attached hydrogens (tertiary/aromatic N) is 2. The van der Waals surface area contributed by atoms with Gasteiger partial charge in [-0.05, 0) is 26.3 Å². The molecule has 0 radical (unpaired) electrons. The highest BCUT2D eigenvalue weighted by atomic mass is 35.5. The third-order valence-electron chi connectivity index (χ3n) is 3.47. The first-order chi connectivity index (χ1) is 11.4. The van der Waals surface area contributed by atoms with Crippen molar-refractivity contribution >= 4 is 56.9 Å². The molecule has 9 heteroatoms. The molecule has 0 aliphatic heterocycles. The van der Waals surface area contributed by atoms with Crippen LogP contribution in [0.25, 0.3) is 11.3 Å². The van der Waals surface area contributed by atoms with Crippen molar-refractivity contribution in [3.63, 3.8) is 0 Å². The molecule has 0 spiro atoms. The van der Waals surface area contributed by atoms with Gasteiger partial charge < -0.3 is 9.84 Å². The molecule has 0 fully saturated rings. The minimum absolute atomic E-state index is 0.106. The molecular weight excluding hydrogens is 389 g/mol. The van der Waals surface area contributed by atoms with E-state index >= 15 is 0 Å². The van der Waals surface area contributed by atoms with Gasteiger partial charge >= 0.3 is 0 Å². The number of rotatable bonds is 5. The number of hydrogen-bond donors (Lipinski definition) is 1. The number of thiazole rings is 1. The third kappa shape index (κ3) is 3.80. The third-order valence-corrected chi connectivity index (χ3v) is 5.71. The predicted molar refractivity (Wildman–Crippen MR) is 98.4 cm³/mol. The summed E-state index contributed by atoms with van der Waals surface area (Å²) >= 11 is 14.7. The number of nitrogens with one attached hydrogen (secondary N) is 1. The van der Waals surface area contributed by atoms with E-state index in [2.05, 4.69) is 15.5 Å². The monoisotopic (exact) mass is 401 g/mol. The van der Waals surface area contributed by atoms with Gasteiger partial charge in [0.1, 0.15) is 10.1 Å². The molecule has 24 heavy (non-hydrogen) atoms. The van der Waals surface area contributed by atoms with Crippen molar-refractivity contribution in [1.82, 2.24) is 10.1 Å². The zero-order chi connectivity index (χ0) is 17.3. The molecule has 1 N–H and O–H groups in total. The van der Waals surface area contributed by atoms with Crippen LogP contribution in [0, 0.1) is 13.8 Å². The number of thiophene rings is 1. The number of amides is 1. The largest absolute Gasteiger partial charge is 0.361 e. The lowest BCUT2D eigenvalue weighted by molar-refractivity contribution is -0.116. The fourth-order valence-corrected chi connectivity index (χ4v) is 4.46. The van der Waals surface area contributed by atoms with Gasteiger partial charge in [0.15, 0.2) is 5.13 Å². The minimum atomic E-state index is -0.106. The van der Waals surface area contributed by atoms with Crippen LogP contribution in [0.15, 0.2) is 16.0 Å². The lowest BCUT2D eigenvalue weighted by atomic mass is 10.1. The molecular formula is C15H13Cl2N3O2S2. The van der Waals surface area contributed by atoms with E-state index < -0.39 is 0 Å². The summed E-state index contributed by atoms with van der Waals surface area (Å²) in [6.07, 6.45) is 0.917. The number of anilines is 1. The first-order valence-electron chi connectivity index (χ1n) is 7.06. The average molecular weight is 402 g/mol.